The summed E-state index contributed by atoms with van der Waals surface area (Å²) >= 11 is 3.97. The van der Waals surface area contributed by atoms with Crippen LogP contribution >= 0.6 is 34.4 Å². The van der Waals surface area contributed by atoms with Crippen molar-refractivity contribution in [1.82, 2.24) is 10.2 Å². The summed E-state index contributed by atoms with van der Waals surface area (Å²) in [5.74, 6) is 0.741. The van der Waals surface area contributed by atoms with Crippen molar-refractivity contribution in [2.75, 3.05) is 23.0 Å². The normalized spacial score (nSPS) is 10.2. The first-order valence-electron chi connectivity index (χ1n) is 7.92. The number of thioether (sulfide) groups is 1. The number of nitrogens with one attached hydrogen (secondary N) is 2. The van der Waals surface area contributed by atoms with E-state index in [2.05, 4.69) is 20.8 Å². The van der Waals surface area contributed by atoms with Crippen molar-refractivity contribution in [3.05, 3.63) is 41.3 Å². The molecule has 0 saturated carbocycles. The van der Waals surface area contributed by atoms with Crippen LogP contribution in [-0.4, -0.2) is 28.5 Å². The van der Waals surface area contributed by atoms with Gasteiger partial charge in [0.1, 0.15) is 16.8 Å². The third kappa shape index (κ3) is 5.19. The Kier molecular flexibility index (Phi) is 6.64. The fourth-order valence-corrected chi connectivity index (χ4v) is 4.39. The van der Waals surface area contributed by atoms with Crippen molar-refractivity contribution in [3.8, 4) is 11.8 Å². The number of thiophene rings is 1. The number of benzene rings is 1. The molecule has 0 bridgehead atoms. The number of hydrogen-bond donors (Lipinski definition) is 2. The fourth-order valence-electron chi connectivity index (χ4n) is 2.07. The van der Waals surface area contributed by atoms with E-state index in [1.165, 1.54) is 34.4 Å². The van der Waals surface area contributed by atoms with Gasteiger partial charge >= 0.3 is 0 Å². The molecule has 0 spiro atoms. The summed E-state index contributed by atoms with van der Waals surface area (Å²) in [5.41, 5.74) is 1.28. The minimum atomic E-state index is -0.189. The third-order valence-corrected chi connectivity index (χ3v) is 6.00. The number of anilines is 3. The predicted octanol–water partition coefficient (Wildman–Crippen LogP) is 4.34. The molecule has 0 fully saturated rings. The molecule has 0 aliphatic carbocycles. The average Bonchev–Trinajstić information content (AvgIpc) is 3.31. The first-order chi connectivity index (χ1) is 13.2. The molecule has 7 nitrogen and oxygen atoms in total. The molecule has 1 amide bonds. The maximum Gasteiger partial charge on any atom is 0.235 e. The van der Waals surface area contributed by atoms with E-state index in [0.29, 0.717) is 26.6 Å². The zero-order valence-electron chi connectivity index (χ0n) is 14.3. The lowest BCUT2D eigenvalue weighted by atomic mass is 10.3. The molecule has 27 heavy (non-hydrogen) atoms. The summed E-state index contributed by atoms with van der Waals surface area (Å²) in [4.78, 5) is 12.1. The van der Waals surface area contributed by atoms with Crippen LogP contribution in [0.15, 0.2) is 40.1 Å². The van der Waals surface area contributed by atoms with E-state index in [0.717, 1.165) is 11.4 Å². The Hall–Kier alpha value is -2.61. The Morgan fingerprint density at radius 1 is 1.33 bits per heavy atom. The Balaban J connectivity index is 1.55. The van der Waals surface area contributed by atoms with E-state index < -0.39 is 0 Å². The van der Waals surface area contributed by atoms with Gasteiger partial charge in [-0.2, -0.15) is 5.26 Å². The smallest absolute Gasteiger partial charge is 0.235 e. The first-order valence-corrected chi connectivity index (χ1v) is 10.6. The zero-order chi connectivity index (χ0) is 19.1. The Labute approximate surface area is 168 Å². The standard InChI is InChI=1S/C17H15N5O2S3/c1-2-24-13-6-4-3-5-12(13)19-16-21-22-17(27-16)26-10-14(23)20-15-11(9-18)7-8-25-15/h3-8H,2,10H2,1H3,(H,19,21)(H,20,23). The Morgan fingerprint density at radius 3 is 3.00 bits per heavy atom. The molecule has 2 heterocycles. The van der Waals surface area contributed by atoms with Gasteiger partial charge in [0.15, 0.2) is 4.34 Å². The molecule has 3 rings (SSSR count). The molecule has 1 aromatic carbocycles. The second-order valence-corrected chi connectivity index (χ2v) is 8.16. The van der Waals surface area contributed by atoms with E-state index in [9.17, 15) is 4.79 Å². The number of nitriles is 1. The van der Waals surface area contributed by atoms with Gasteiger partial charge in [-0.25, -0.2) is 0 Å². The SMILES string of the molecule is CCOc1ccccc1Nc1nnc(SCC(=O)Nc2sccc2C#N)s1. The van der Waals surface area contributed by atoms with Crippen molar-refractivity contribution in [2.45, 2.75) is 11.3 Å². The van der Waals surface area contributed by atoms with Crippen molar-refractivity contribution in [2.24, 2.45) is 0 Å². The van der Waals surface area contributed by atoms with E-state index in [-0.39, 0.29) is 11.7 Å². The second-order valence-electron chi connectivity index (χ2n) is 5.04. The number of ether oxygens (including phenoxy) is 1. The van der Waals surface area contributed by atoms with Gasteiger partial charge in [0.05, 0.1) is 23.6 Å². The maximum absolute atomic E-state index is 12.1. The lowest BCUT2D eigenvalue weighted by Gasteiger charge is -2.09. The van der Waals surface area contributed by atoms with E-state index >= 15 is 0 Å². The lowest BCUT2D eigenvalue weighted by molar-refractivity contribution is -0.113. The summed E-state index contributed by atoms with van der Waals surface area (Å²) in [5, 5.41) is 26.0. The topological polar surface area (TPSA) is 99.9 Å². The molecule has 10 heteroatoms. The van der Waals surface area contributed by atoms with Gasteiger partial charge in [-0.3, -0.25) is 4.79 Å². The van der Waals surface area contributed by atoms with Gasteiger partial charge in [-0.1, -0.05) is 35.2 Å². The molecular weight excluding hydrogens is 402 g/mol. The molecule has 2 N–H and O–H groups in total. The number of carbonyl (C=O) groups is 1. The van der Waals surface area contributed by atoms with Crippen LogP contribution in [0.2, 0.25) is 0 Å². The largest absolute Gasteiger partial charge is 0.492 e. The van der Waals surface area contributed by atoms with E-state index in [1.54, 1.807) is 11.4 Å². The number of carbonyl (C=O) groups excluding carboxylic acids is 1. The maximum atomic E-state index is 12.1. The van der Waals surface area contributed by atoms with Gasteiger partial charge in [0.25, 0.3) is 0 Å². The summed E-state index contributed by atoms with van der Waals surface area (Å²) in [7, 11) is 0. The first kappa shape index (κ1) is 19.2. The van der Waals surface area contributed by atoms with Crippen LogP contribution in [0.25, 0.3) is 0 Å². The molecule has 0 atom stereocenters. The number of amides is 1. The number of para-hydroxylation sites is 2. The Morgan fingerprint density at radius 2 is 2.19 bits per heavy atom. The van der Waals surface area contributed by atoms with Gasteiger partial charge in [-0.15, -0.1) is 21.5 Å². The predicted molar refractivity (Wildman–Crippen MR) is 109 cm³/mol. The van der Waals surface area contributed by atoms with Gasteiger partial charge < -0.3 is 15.4 Å². The van der Waals surface area contributed by atoms with Crippen molar-refractivity contribution in [3.63, 3.8) is 0 Å². The quantitative estimate of drug-likeness (QED) is 0.526. The van der Waals surface area contributed by atoms with Crippen LogP contribution in [0, 0.1) is 11.3 Å². The summed E-state index contributed by atoms with van der Waals surface area (Å²) in [6, 6.07) is 11.3. The number of rotatable bonds is 8. The summed E-state index contributed by atoms with van der Waals surface area (Å²) in [6.07, 6.45) is 0. The monoisotopic (exact) mass is 417 g/mol. The number of nitrogens with zero attached hydrogens (tertiary/aromatic N) is 3. The van der Waals surface area contributed by atoms with Crippen molar-refractivity contribution >= 4 is 56.2 Å². The van der Waals surface area contributed by atoms with E-state index in [4.69, 9.17) is 10.00 Å². The molecule has 2 aromatic heterocycles. The molecule has 0 aliphatic heterocycles. The van der Waals surface area contributed by atoms with E-state index in [1.807, 2.05) is 37.3 Å². The van der Waals surface area contributed by atoms with Crippen LogP contribution in [-0.2, 0) is 4.79 Å². The van der Waals surface area contributed by atoms with Gasteiger partial charge in [-0.05, 0) is 30.5 Å². The molecule has 0 saturated heterocycles. The minimum absolute atomic E-state index is 0.187. The highest BCUT2D eigenvalue weighted by Gasteiger charge is 2.12. The number of aromatic nitrogens is 2. The van der Waals surface area contributed by atoms with Gasteiger partial charge in [0.2, 0.25) is 11.0 Å². The summed E-state index contributed by atoms with van der Waals surface area (Å²) < 4.78 is 6.25. The van der Waals surface area contributed by atoms with Crippen LogP contribution in [0.5, 0.6) is 5.75 Å². The fraction of sp³-hybridized carbons (Fsp3) is 0.176. The molecular formula is C17H15N5O2S3. The molecule has 3 aromatic rings. The molecule has 0 radical (unpaired) electrons. The van der Waals surface area contributed by atoms with Crippen LogP contribution in [0.1, 0.15) is 12.5 Å². The van der Waals surface area contributed by atoms with Crippen LogP contribution in [0.3, 0.4) is 0 Å². The highest BCUT2D eigenvalue weighted by Crippen LogP contribution is 2.31. The lowest BCUT2D eigenvalue weighted by Crippen LogP contribution is -2.13. The minimum Gasteiger partial charge on any atom is -0.492 e. The van der Waals surface area contributed by atoms with Gasteiger partial charge in [0, 0.05) is 0 Å². The second kappa shape index (κ2) is 9.36. The van der Waals surface area contributed by atoms with Crippen molar-refractivity contribution < 1.29 is 9.53 Å². The summed E-state index contributed by atoms with van der Waals surface area (Å²) in [6.45, 7) is 2.50. The third-order valence-electron chi connectivity index (χ3n) is 3.20. The molecule has 138 valence electrons. The van der Waals surface area contributed by atoms with Crippen molar-refractivity contribution in [1.29, 1.82) is 5.26 Å². The number of hydrogen-bond acceptors (Lipinski definition) is 9. The average molecular weight is 418 g/mol. The Bertz CT molecular complexity index is 963. The molecule has 0 unspecified atom stereocenters. The highest BCUT2D eigenvalue weighted by molar-refractivity contribution is 8.01. The highest BCUT2D eigenvalue weighted by atomic mass is 32.2. The zero-order valence-corrected chi connectivity index (χ0v) is 16.7. The van der Waals surface area contributed by atoms with Crippen LogP contribution in [0.4, 0.5) is 15.8 Å². The molecule has 0 aliphatic rings. The van der Waals surface area contributed by atoms with Crippen LogP contribution < -0.4 is 15.4 Å².